The highest BCUT2D eigenvalue weighted by Crippen LogP contribution is 2.23. The number of piperazine rings is 1. The van der Waals surface area contributed by atoms with Crippen LogP contribution in [0.4, 0.5) is 0 Å². The van der Waals surface area contributed by atoms with Crippen LogP contribution in [0.1, 0.15) is 16.7 Å². The van der Waals surface area contributed by atoms with E-state index in [1.165, 1.54) is 11.1 Å². The molecule has 1 fully saturated rings. The van der Waals surface area contributed by atoms with Gasteiger partial charge in [-0.3, -0.25) is 9.69 Å². The molecule has 2 aromatic heterocycles. The summed E-state index contributed by atoms with van der Waals surface area (Å²) in [6, 6.07) is 19.9. The summed E-state index contributed by atoms with van der Waals surface area (Å²) in [6.07, 6.45) is 2.05. The molecule has 4 aromatic rings. The van der Waals surface area contributed by atoms with Crippen molar-refractivity contribution in [3.05, 3.63) is 83.6 Å². The van der Waals surface area contributed by atoms with Gasteiger partial charge >= 0.3 is 0 Å². The van der Waals surface area contributed by atoms with Gasteiger partial charge in [0.05, 0.1) is 12.7 Å². The standard InChI is InChI=1S/C26H26N4O3/c1-19-6-2-3-8-21(19)17-24(31)30-13-11-29(12-14-30)18-20-7-4-9-22(16-20)25-27-26(33-28-25)23-10-5-15-32-23/h2-10,15-16H,11-14,17-18H2,1H3. The first-order valence-corrected chi connectivity index (χ1v) is 11.2. The molecule has 7 heteroatoms. The molecular formula is C26H26N4O3. The van der Waals surface area contributed by atoms with Crippen molar-refractivity contribution < 1.29 is 13.7 Å². The fourth-order valence-corrected chi connectivity index (χ4v) is 4.15. The van der Waals surface area contributed by atoms with E-state index in [4.69, 9.17) is 8.94 Å². The Hall–Kier alpha value is -3.71. The second-order valence-electron chi connectivity index (χ2n) is 8.36. The zero-order chi connectivity index (χ0) is 22.6. The first-order valence-electron chi connectivity index (χ1n) is 11.2. The topological polar surface area (TPSA) is 75.6 Å². The van der Waals surface area contributed by atoms with Gasteiger partial charge in [-0.15, -0.1) is 0 Å². The van der Waals surface area contributed by atoms with Crippen LogP contribution in [0.25, 0.3) is 23.0 Å². The molecule has 1 aliphatic heterocycles. The monoisotopic (exact) mass is 442 g/mol. The third-order valence-electron chi connectivity index (χ3n) is 6.08. The summed E-state index contributed by atoms with van der Waals surface area (Å²) in [7, 11) is 0. The van der Waals surface area contributed by atoms with Gasteiger partial charge in [0, 0.05) is 38.3 Å². The van der Waals surface area contributed by atoms with Crippen molar-refractivity contribution in [1.82, 2.24) is 19.9 Å². The third kappa shape index (κ3) is 4.88. The van der Waals surface area contributed by atoms with Gasteiger partial charge in [0.25, 0.3) is 5.89 Å². The minimum atomic E-state index is 0.204. The molecule has 0 bridgehead atoms. The van der Waals surface area contributed by atoms with Gasteiger partial charge in [-0.05, 0) is 41.8 Å². The minimum Gasteiger partial charge on any atom is -0.459 e. The number of amides is 1. The number of hydrogen-bond acceptors (Lipinski definition) is 6. The Morgan fingerprint density at radius 2 is 1.85 bits per heavy atom. The Morgan fingerprint density at radius 3 is 2.64 bits per heavy atom. The van der Waals surface area contributed by atoms with E-state index in [2.05, 4.69) is 40.2 Å². The van der Waals surface area contributed by atoms with Crippen LogP contribution in [0.15, 0.2) is 75.9 Å². The first kappa shape index (κ1) is 21.2. The van der Waals surface area contributed by atoms with Crippen molar-refractivity contribution in [2.75, 3.05) is 26.2 Å². The normalized spacial score (nSPS) is 14.5. The molecule has 33 heavy (non-hydrogen) atoms. The van der Waals surface area contributed by atoms with Crippen LogP contribution in [0, 0.1) is 6.92 Å². The summed E-state index contributed by atoms with van der Waals surface area (Å²) in [5.74, 6) is 1.66. The summed E-state index contributed by atoms with van der Waals surface area (Å²) in [5.41, 5.74) is 4.36. The number of carbonyl (C=O) groups is 1. The molecule has 0 saturated carbocycles. The molecule has 0 aliphatic carbocycles. The van der Waals surface area contributed by atoms with Gasteiger partial charge in [-0.25, -0.2) is 0 Å². The number of rotatable bonds is 6. The minimum absolute atomic E-state index is 0.204. The Labute approximate surface area is 192 Å². The van der Waals surface area contributed by atoms with Crippen molar-refractivity contribution in [2.45, 2.75) is 19.9 Å². The van der Waals surface area contributed by atoms with E-state index in [1.54, 1.807) is 18.4 Å². The van der Waals surface area contributed by atoms with Crippen molar-refractivity contribution in [2.24, 2.45) is 0 Å². The van der Waals surface area contributed by atoms with Crippen molar-refractivity contribution in [3.8, 4) is 23.0 Å². The molecule has 7 nitrogen and oxygen atoms in total. The average molecular weight is 443 g/mol. The van der Waals surface area contributed by atoms with E-state index in [9.17, 15) is 4.79 Å². The maximum atomic E-state index is 12.8. The Bertz CT molecular complexity index is 1220. The Morgan fingerprint density at radius 1 is 1.00 bits per heavy atom. The van der Waals surface area contributed by atoms with Crippen LogP contribution in [0.2, 0.25) is 0 Å². The van der Waals surface area contributed by atoms with Gasteiger partial charge < -0.3 is 13.8 Å². The van der Waals surface area contributed by atoms with E-state index in [-0.39, 0.29) is 5.91 Å². The maximum absolute atomic E-state index is 12.8. The lowest BCUT2D eigenvalue weighted by Crippen LogP contribution is -2.48. The molecule has 0 N–H and O–H groups in total. The SMILES string of the molecule is Cc1ccccc1CC(=O)N1CCN(Cc2cccc(-c3noc(-c4ccco4)n3)c2)CC1. The summed E-state index contributed by atoms with van der Waals surface area (Å²) >= 11 is 0. The van der Waals surface area contributed by atoms with E-state index in [1.807, 2.05) is 35.2 Å². The number of aromatic nitrogens is 2. The summed E-state index contributed by atoms with van der Waals surface area (Å²) in [6.45, 7) is 6.09. The number of aryl methyl sites for hydroxylation is 1. The first-order chi connectivity index (χ1) is 16.2. The second kappa shape index (κ2) is 9.42. The Balaban J connectivity index is 1.18. The summed E-state index contributed by atoms with van der Waals surface area (Å²) in [4.78, 5) is 21.6. The van der Waals surface area contributed by atoms with Gasteiger partial charge in [0.2, 0.25) is 11.7 Å². The Kier molecular flexibility index (Phi) is 6.04. The van der Waals surface area contributed by atoms with Crippen LogP contribution in [-0.2, 0) is 17.8 Å². The molecule has 2 aromatic carbocycles. The predicted octanol–water partition coefficient (Wildman–Crippen LogP) is 4.19. The lowest BCUT2D eigenvalue weighted by molar-refractivity contribution is -0.132. The van der Waals surface area contributed by atoms with E-state index < -0.39 is 0 Å². The third-order valence-corrected chi connectivity index (χ3v) is 6.08. The zero-order valence-electron chi connectivity index (χ0n) is 18.6. The molecule has 3 heterocycles. The van der Waals surface area contributed by atoms with Crippen molar-refractivity contribution in [3.63, 3.8) is 0 Å². The molecule has 1 aliphatic rings. The summed E-state index contributed by atoms with van der Waals surface area (Å²) in [5, 5.41) is 4.10. The number of benzene rings is 2. The molecule has 0 unspecified atom stereocenters. The predicted molar refractivity (Wildman–Crippen MR) is 124 cm³/mol. The second-order valence-corrected chi connectivity index (χ2v) is 8.36. The molecule has 5 rings (SSSR count). The van der Waals surface area contributed by atoms with Gasteiger partial charge in [0.1, 0.15) is 0 Å². The zero-order valence-corrected chi connectivity index (χ0v) is 18.6. The highest BCUT2D eigenvalue weighted by Gasteiger charge is 2.22. The fraction of sp³-hybridized carbons (Fsp3) is 0.269. The molecule has 1 amide bonds. The van der Waals surface area contributed by atoms with E-state index >= 15 is 0 Å². The maximum Gasteiger partial charge on any atom is 0.293 e. The average Bonchev–Trinajstić information content (AvgIpc) is 3.54. The number of furan rings is 1. The number of nitrogens with zero attached hydrogens (tertiary/aromatic N) is 4. The highest BCUT2D eigenvalue weighted by molar-refractivity contribution is 5.79. The summed E-state index contributed by atoms with van der Waals surface area (Å²) < 4.78 is 10.7. The number of carbonyl (C=O) groups excluding carboxylic acids is 1. The van der Waals surface area contributed by atoms with E-state index in [0.717, 1.165) is 43.9 Å². The molecular weight excluding hydrogens is 416 g/mol. The van der Waals surface area contributed by atoms with Gasteiger partial charge in [0.15, 0.2) is 5.76 Å². The van der Waals surface area contributed by atoms with Gasteiger partial charge in [-0.2, -0.15) is 4.98 Å². The molecule has 168 valence electrons. The van der Waals surface area contributed by atoms with Crippen LogP contribution >= 0.6 is 0 Å². The smallest absolute Gasteiger partial charge is 0.293 e. The van der Waals surface area contributed by atoms with Crippen LogP contribution in [-0.4, -0.2) is 52.0 Å². The van der Waals surface area contributed by atoms with Crippen LogP contribution in [0.3, 0.4) is 0 Å². The fourth-order valence-electron chi connectivity index (χ4n) is 4.15. The van der Waals surface area contributed by atoms with Crippen molar-refractivity contribution in [1.29, 1.82) is 0 Å². The molecule has 0 spiro atoms. The largest absolute Gasteiger partial charge is 0.459 e. The molecule has 1 saturated heterocycles. The van der Waals surface area contributed by atoms with Crippen molar-refractivity contribution >= 4 is 5.91 Å². The molecule has 0 radical (unpaired) electrons. The van der Waals surface area contributed by atoms with E-state index in [0.29, 0.717) is 23.9 Å². The lowest BCUT2D eigenvalue weighted by atomic mass is 10.1. The van der Waals surface area contributed by atoms with Gasteiger partial charge in [-0.1, -0.05) is 47.6 Å². The molecule has 0 atom stereocenters. The highest BCUT2D eigenvalue weighted by atomic mass is 16.5. The quantitative estimate of drug-likeness (QED) is 0.446. The van der Waals surface area contributed by atoms with Crippen LogP contribution < -0.4 is 0 Å². The number of hydrogen-bond donors (Lipinski definition) is 0. The lowest BCUT2D eigenvalue weighted by Gasteiger charge is -2.35. The van der Waals surface area contributed by atoms with Crippen LogP contribution in [0.5, 0.6) is 0 Å².